The van der Waals surface area contributed by atoms with E-state index >= 15 is 0 Å². The van der Waals surface area contributed by atoms with Crippen LogP contribution in [-0.4, -0.2) is 79.7 Å². The summed E-state index contributed by atoms with van der Waals surface area (Å²) in [5.41, 5.74) is 9.87. The lowest BCUT2D eigenvalue weighted by Gasteiger charge is -2.20. The van der Waals surface area contributed by atoms with Gasteiger partial charge in [-0.25, -0.2) is 4.98 Å². The average molecular weight is 704 g/mol. The number of carbonyl (C=O) groups excluding carboxylic acids is 4. The second kappa shape index (κ2) is 13.6. The van der Waals surface area contributed by atoms with Crippen LogP contribution in [0.4, 0.5) is 22.9 Å². The number of rotatable bonds is 10. The zero-order chi connectivity index (χ0) is 36.7. The predicted octanol–water partition coefficient (Wildman–Crippen LogP) is 4.53. The Bertz CT molecular complexity index is 2310. The van der Waals surface area contributed by atoms with Gasteiger partial charge in [-0.1, -0.05) is 12.2 Å². The van der Waals surface area contributed by atoms with Crippen LogP contribution < -0.4 is 25.8 Å². The number of nitrogens with two attached hydrogens (primary N) is 1. The minimum Gasteiger partial charge on any atom is -0.493 e. The van der Waals surface area contributed by atoms with Crippen LogP contribution in [0.5, 0.6) is 11.5 Å². The van der Waals surface area contributed by atoms with Crippen LogP contribution in [0, 0.1) is 0 Å². The van der Waals surface area contributed by atoms with Crippen molar-refractivity contribution in [2.45, 2.75) is 25.3 Å². The smallest absolute Gasteiger partial charge is 0.291 e. The number of hydrogen-bond acceptors (Lipinski definition) is 9. The monoisotopic (exact) mass is 703 g/mol. The summed E-state index contributed by atoms with van der Waals surface area (Å²) in [4.78, 5) is 63.1. The van der Waals surface area contributed by atoms with Crippen LogP contribution in [0.1, 0.15) is 50.7 Å². The molecule has 0 aliphatic carbocycles. The summed E-state index contributed by atoms with van der Waals surface area (Å²) in [6, 6.07) is 11.9. The topological polar surface area (TPSA) is 180 Å². The molecule has 3 amide bonds. The van der Waals surface area contributed by atoms with E-state index in [1.807, 2.05) is 6.07 Å². The molecule has 0 radical (unpaired) electrons. The van der Waals surface area contributed by atoms with Crippen molar-refractivity contribution >= 4 is 63.6 Å². The zero-order valence-electron chi connectivity index (χ0n) is 28.9. The fourth-order valence-electron chi connectivity index (χ4n) is 6.46. The van der Waals surface area contributed by atoms with Gasteiger partial charge in [-0.2, -0.15) is 0 Å². The summed E-state index contributed by atoms with van der Waals surface area (Å²) in [7, 11) is 4.85. The number of aromatic nitrogens is 4. The normalized spacial score (nSPS) is 15.0. The molecule has 0 spiro atoms. The molecular formula is C37H37N9O6. The number of benzene rings is 2. The van der Waals surface area contributed by atoms with Crippen LogP contribution in [-0.2, 0) is 18.9 Å². The quantitative estimate of drug-likeness (QED) is 0.108. The highest BCUT2D eigenvalue weighted by atomic mass is 16.5. The number of carbonyl (C=O) groups is 4. The SMILES string of the molecule is C=C1CC2C=Nc3cc(OCCCC(=O)Nc4cn(C)c(C(=O)Nc5cc(C(=O)n6ccc7cc(N)ccc76)n(C)c5)n4)c(OC)cc3C(=O)N2C1. The Morgan fingerprint density at radius 2 is 1.87 bits per heavy atom. The number of ether oxygens (including phenoxy) is 2. The molecule has 5 aromatic rings. The minimum absolute atomic E-state index is 0.0613. The van der Waals surface area contributed by atoms with Gasteiger partial charge in [-0.15, -0.1) is 0 Å². The van der Waals surface area contributed by atoms with E-state index in [9.17, 15) is 19.2 Å². The highest BCUT2D eigenvalue weighted by Gasteiger charge is 2.34. The number of imidazole rings is 1. The Balaban J connectivity index is 0.931. The number of nitrogens with zero attached hydrogens (tertiary/aromatic N) is 6. The maximum atomic E-state index is 13.4. The highest BCUT2D eigenvalue weighted by Crippen LogP contribution is 2.38. The number of fused-ring (bicyclic) bond motifs is 3. The summed E-state index contributed by atoms with van der Waals surface area (Å²) in [6.07, 6.45) is 7.79. The van der Waals surface area contributed by atoms with E-state index in [2.05, 4.69) is 27.2 Å². The first kappa shape index (κ1) is 33.8. The number of anilines is 3. The molecule has 1 atom stereocenters. The van der Waals surface area contributed by atoms with Gasteiger partial charge in [0.2, 0.25) is 11.7 Å². The van der Waals surface area contributed by atoms with Crippen LogP contribution in [0.25, 0.3) is 10.9 Å². The third-order valence-corrected chi connectivity index (χ3v) is 9.02. The number of nitrogen functional groups attached to an aromatic ring is 1. The van der Waals surface area contributed by atoms with Crippen LogP contribution in [0.15, 0.2) is 78.2 Å². The van der Waals surface area contributed by atoms with Crippen molar-refractivity contribution in [3.63, 3.8) is 0 Å². The van der Waals surface area contributed by atoms with Crippen molar-refractivity contribution in [1.29, 1.82) is 0 Å². The molecule has 2 aliphatic heterocycles. The van der Waals surface area contributed by atoms with Crippen LogP contribution in [0.2, 0.25) is 0 Å². The lowest BCUT2D eigenvalue weighted by Crippen LogP contribution is -2.35. The number of aliphatic imine (C=N–C) groups is 1. The molecular weight excluding hydrogens is 666 g/mol. The van der Waals surface area contributed by atoms with Gasteiger partial charge in [0.1, 0.15) is 5.69 Å². The van der Waals surface area contributed by atoms with Gasteiger partial charge >= 0.3 is 0 Å². The van der Waals surface area contributed by atoms with E-state index in [1.165, 1.54) is 22.4 Å². The van der Waals surface area contributed by atoms with Gasteiger partial charge in [0.25, 0.3) is 17.7 Å². The molecule has 52 heavy (non-hydrogen) atoms. The molecule has 2 aliphatic rings. The maximum Gasteiger partial charge on any atom is 0.291 e. The fraction of sp³-hybridized carbons (Fsp3) is 0.243. The predicted molar refractivity (Wildman–Crippen MR) is 196 cm³/mol. The molecule has 2 aromatic carbocycles. The Hall–Kier alpha value is -6.64. The first-order valence-electron chi connectivity index (χ1n) is 16.6. The first-order valence-corrected chi connectivity index (χ1v) is 16.6. The van der Waals surface area contributed by atoms with E-state index < -0.39 is 5.91 Å². The molecule has 7 rings (SSSR count). The summed E-state index contributed by atoms with van der Waals surface area (Å²) < 4.78 is 16.1. The summed E-state index contributed by atoms with van der Waals surface area (Å²) in [5, 5.41) is 6.34. The van der Waals surface area contributed by atoms with Gasteiger partial charge in [0, 0.05) is 69.0 Å². The van der Waals surface area contributed by atoms with Gasteiger partial charge < -0.3 is 39.9 Å². The molecule has 5 heterocycles. The minimum atomic E-state index is -0.519. The summed E-state index contributed by atoms with van der Waals surface area (Å²) in [5.74, 6) is -0.166. The molecule has 266 valence electrons. The second-order valence-corrected chi connectivity index (χ2v) is 12.8. The zero-order valence-corrected chi connectivity index (χ0v) is 28.9. The average Bonchev–Trinajstić information content (AvgIpc) is 3.88. The van der Waals surface area contributed by atoms with E-state index in [0.29, 0.717) is 64.7 Å². The van der Waals surface area contributed by atoms with Crippen molar-refractivity contribution in [2.75, 3.05) is 36.6 Å². The molecule has 1 fully saturated rings. The lowest BCUT2D eigenvalue weighted by atomic mass is 10.1. The van der Waals surface area contributed by atoms with Gasteiger partial charge in [0.15, 0.2) is 17.3 Å². The molecule has 15 heteroatoms. The second-order valence-electron chi connectivity index (χ2n) is 12.8. The van der Waals surface area contributed by atoms with E-state index in [1.54, 1.807) is 78.6 Å². The number of amides is 3. The van der Waals surface area contributed by atoms with Gasteiger partial charge in [-0.05, 0) is 49.2 Å². The lowest BCUT2D eigenvalue weighted by molar-refractivity contribution is -0.116. The number of nitrogens with one attached hydrogen (secondary N) is 2. The Morgan fingerprint density at radius 1 is 1.04 bits per heavy atom. The third-order valence-electron chi connectivity index (χ3n) is 9.02. The van der Waals surface area contributed by atoms with E-state index in [4.69, 9.17) is 15.2 Å². The molecule has 1 unspecified atom stereocenters. The standard InChI is InChI=1S/C37H37N9O6/c1-21-12-25-17-39-27-16-31(30(51-4)15-26(27)36(49)46(25)18-21)52-11-5-6-33(47)41-32-20-44(3)34(42-32)35(48)40-24-14-29(43(2)19-24)37(50)45-10-9-22-13-23(38)7-8-28(22)45/h7-10,13-17,19-20,25H,1,5-6,11-12,18,38H2,2-4H3,(H,40,48)(H,41,47). The van der Waals surface area contributed by atoms with Gasteiger partial charge in [0.05, 0.1) is 42.2 Å². The van der Waals surface area contributed by atoms with Crippen molar-refractivity contribution in [2.24, 2.45) is 19.1 Å². The highest BCUT2D eigenvalue weighted by molar-refractivity contribution is 6.06. The molecule has 1 saturated heterocycles. The Morgan fingerprint density at radius 3 is 2.67 bits per heavy atom. The fourth-order valence-corrected chi connectivity index (χ4v) is 6.46. The van der Waals surface area contributed by atoms with Crippen molar-refractivity contribution in [1.82, 2.24) is 23.6 Å². The third kappa shape index (κ3) is 6.51. The van der Waals surface area contributed by atoms with Gasteiger partial charge in [-0.3, -0.25) is 28.7 Å². The van der Waals surface area contributed by atoms with Crippen LogP contribution >= 0.6 is 0 Å². The molecule has 4 N–H and O–H groups in total. The molecule has 15 nitrogen and oxygen atoms in total. The van der Waals surface area contributed by atoms with Crippen LogP contribution in [0.3, 0.4) is 0 Å². The number of methoxy groups -OCH3 is 1. The molecule has 0 bridgehead atoms. The van der Waals surface area contributed by atoms with E-state index in [-0.39, 0.29) is 48.4 Å². The Labute approximate surface area is 298 Å². The summed E-state index contributed by atoms with van der Waals surface area (Å²) in [6.45, 7) is 4.70. The van der Waals surface area contributed by atoms with Crippen molar-refractivity contribution < 1.29 is 28.7 Å². The molecule has 3 aromatic heterocycles. The summed E-state index contributed by atoms with van der Waals surface area (Å²) >= 11 is 0. The largest absolute Gasteiger partial charge is 0.493 e. The first-order chi connectivity index (χ1) is 25.0. The maximum absolute atomic E-state index is 13.4. The van der Waals surface area contributed by atoms with Crippen molar-refractivity contribution in [3.05, 3.63) is 90.3 Å². The van der Waals surface area contributed by atoms with E-state index in [0.717, 1.165) is 11.0 Å². The number of aryl methyl sites for hydroxylation is 2. The number of hydrogen-bond donors (Lipinski definition) is 3. The molecule has 0 saturated carbocycles. The van der Waals surface area contributed by atoms with Crippen molar-refractivity contribution in [3.8, 4) is 11.5 Å². The Kier molecular flexibility index (Phi) is 8.84.